The van der Waals surface area contributed by atoms with Crippen LogP contribution in [-0.2, 0) is 0 Å². The molecule has 2 heterocycles. The molecule has 0 atom stereocenters. The number of hydrogen-bond acceptors (Lipinski definition) is 5. The molecule has 0 N–H and O–H groups in total. The number of methoxy groups -OCH3 is 2. The van der Waals surface area contributed by atoms with Crippen LogP contribution in [0.15, 0.2) is 67.0 Å². The molecule has 4 rings (SSSR count). The minimum atomic E-state index is 0. The second-order valence-corrected chi connectivity index (χ2v) is 7.14. The minimum Gasteiger partial charge on any atom is -0.497 e. The maximum absolute atomic E-state index is 13.3. The van der Waals surface area contributed by atoms with Crippen LogP contribution in [0.4, 0.5) is 5.69 Å². The summed E-state index contributed by atoms with van der Waals surface area (Å²) < 4.78 is 10.8. The zero-order valence-corrected chi connectivity index (χ0v) is 18.5. The number of aromatic nitrogens is 1. The molecule has 0 saturated carbocycles. The third kappa shape index (κ3) is 4.91. The summed E-state index contributed by atoms with van der Waals surface area (Å²) in [6, 6.07) is 17.7. The monoisotopic (exact) mass is 439 g/mol. The number of hydrogen-bond donors (Lipinski definition) is 0. The average molecular weight is 440 g/mol. The molecule has 31 heavy (non-hydrogen) atoms. The first-order chi connectivity index (χ1) is 14.7. The molecule has 0 spiro atoms. The van der Waals surface area contributed by atoms with E-state index in [-0.39, 0.29) is 18.3 Å². The van der Waals surface area contributed by atoms with Gasteiger partial charge in [-0.2, -0.15) is 0 Å². The van der Waals surface area contributed by atoms with E-state index < -0.39 is 0 Å². The number of rotatable bonds is 5. The van der Waals surface area contributed by atoms with Gasteiger partial charge in [0.2, 0.25) is 0 Å². The van der Waals surface area contributed by atoms with E-state index in [0.717, 1.165) is 41.4 Å². The fourth-order valence-corrected chi connectivity index (χ4v) is 3.75. The van der Waals surface area contributed by atoms with E-state index in [4.69, 9.17) is 9.47 Å². The van der Waals surface area contributed by atoms with Crippen LogP contribution in [0.5, 0.6) is 11.5 Å². The van der Waals surface area contributed by atoms with Crippen molar-refractivity contribution in [2.45, 2.75) is 0 Å². The summed E-state index contributed by atoms with van der Waals surface area (Å²) in [6.07, 6.45) is 3.40. The molecule has 0 unspecified atom stereocenters. The number of pyridine rings is 1. The van der Waals surface area contributed by atoms with Gasteiger partial charge in [0.05, 0.1) is 19.8 Å². The highest BCUT2D eigenvalue weighted by molar-refractivity contribution is 6.00. The highest BCUT2D eigenvalue weighted by Gasteiger charge is 2.25. The highest BCUT2D eigenvalue weighted by atomic mass is 35.5. The molecule has 0 bridgehead atoms. The van der Waals surface area contributed by atoms with Crippen LogP contribution < -0.4 is 14.4 Å². The number of amides is 1. The predicted molar refractivity (Wildman–Crippen MR) is 125 cm³/mol. The molecule has 1 fully saturated rings. The van der Waals surface area contributed by atoms with E-state index in [9.17, 15) is 4.79 Å². The number of halogens is 1. The van der Waals surface area contributed by atoms with Gasteiger partial charge in [0.1, 0.15) is 11.5 Å². The van der Waals surface area contributed by atoms with Crippen LogP contribution in [0, 0.1) is 0 Å². The first kappa shape index (κ1) is 22.4. The Morgan fingerprint density at radius 1 is 0.903 bits per heavy atom. The molecule has 3 aromatic rings. The van der Waals surface area contributed by atoms with Crippen molar-refractivity contribution in [1.29, 1.82) is 0 Å². The Morgan fingerprint density at radius 3 is 2.16 bits per heavy atom. The SMILES string of the molecule is COc1cc(OC)cc(N2CCN(C(=O)c3cnccc3-c3ccccc3)CC2)c1.Cl. The summed E-state index contributed by atoms with van der Waals surface area (Å²) >= 11 is 0. The van der Waals surface area contributed by atoms with E-state index >= 15 is 0 Å². The van der Waals surface area contributed by atoms with Crippen LogP contribution in [0.3, 0.4) is 0 Å². The number of benzene rings is 2. The Kier molecular flexibility index (Phi) is 7.36. The summed E-state index contributed by atoms with van der Waals surface area (Å²) in [6.45, 7) is 2.76. The smallest absolute Gasteiger partial charge is 0.256 e. The van der Waals surface area contributed by atoms with Crippen LogP contribution >= 0.6 is 12.4 Å². The Hall–Kier alpha value is -3.25. The maximum Gasteiger partial charge on any atom is 0.256 e. The third-order valence-electron chi connectivity index (χ3n) is 5.40. The zero-order valence-electron chi connectivity index (χ0n) is 17.7. The van der Waals surface area contributed by atoms with Gasteiger partial charge in [-0.05, 0) is 17.2 Å². The van der Waals surface area contributed by atoms with E-state index in [2.05, 4.69) is 9.88 Å². The fourth-order valence-electron chi connectivity index (χ4n) is 3.75. The van der Waals surface area contributed by atoms with Gasteiger partial charge in [0, 0.05) is 62.5 Å². The summed E-state index contributed by atoms with van der Waals surface area (Å²) in [7, 11) is 3.29. The normalized spacial score (nSPS) is 13.4. The number of ether oxygens (including phenoxy) is 2. The molecule has 0 aliphatic carbocycles. The third-order valence-corrected chi connectivity index (χ3v) is 5.40. The largest absolute Gasteiger partial charge is 0.497 e. The van der Waals surface area contributed by atoms with Gasteiger partial charge in [-0.3, -0.25) is 9.78 Å². The molecule has 0 radical (unpaired) electrons. The molecule has 1 saturated heterocycles. The molecule has 1 amide bonds. The molecule has 1 aromatic heterocycles. The fraction of sp³-hybridized carbons (Fsp3) is 0.250. The van der Waals surface area contributed by atoms with Gasteiger partial charge in [0.25, 0.3) is 5.91 Å². The summed E-state index contributed by atoms with van der Waals surface area (Å²) in [5.74, 6) is 1.53. The van der Waals surface area contributed by atoms with Crippen molar-refractivity contribution in [1.82, 2.24) is 9.88 Å². The second kappa shape index (κ2) is 10.2. The van der Waals surface area contributed by atoms with Crippen molar-refractivity contribution in [3.05, 3.63) is 72.6 Å². The molecule has 6 nitrogen and oxygen atoms in total. The van der Waals surface area contributed by atoms with E-state index in [1.807, 2.05) is 59.5 Å². The first-order valence-corrected chi connectivity index (χ1v) is 9.96. The Balaban J connectivity index is 0.00000272. The lowest BCUT2D eigenvalue weighted by Gasteiger charge is -2.36. The van der Waals surface area contributed by atoms with Crippen molar-refractivity contribution in [2.75, 3.05) is 45.3 Å². The molecular formula is C24H26ClN3O3. The lowest BCUT2D eigenvalue weighted by molar-refractivity contribution is 0.0747. The van der Waals surface area contributed by atoms with Gasteiger partial charge >= 0.3 is 0 Å². The van der Waals surface area contributed by atoms with E-state index in [0.29, 0.717) is 18.7 Å². The van der Waals surface area contributed by atoms with Crippen molar-refractivity contribution >= 4 is 24.0 Å². The standard InChI is InChI=1S/C24H25N3O3.ClH/c1-29-20-14-19(15-21(16-20)30-2)26-10-12-27(13-11-26)24(28)23-17-25-9-8-22(23)18-6-4-3-5-7-18;/h3-9,14-17H,10-13H2,1-2H3;1H. The van der Waals surface area contributed by atoms with Crippen LogP contribution in [-0.4, -0.2) is 56.2 Å². The molecular weight excluding hydrogens is 414 g/mol. The quantitative estimate of drug-likeness (QED) is 0.597. The predicted octanol–water partition coefficient (Wildman–Crippen LogP) is 4.15. The lowest BCUT2D eigenvalue weighted by atomic mass is 10.0. The average Bonchev–Trinajstić information content (AvgIpc) is 2.84. The highest BCUT2D eigenvalue weighted by Crippen LogP contribution is 2.30. The summed E-state index contributed by atoms with van der Waals surface area (Å²) in [4.78, 5) is 21.6. The van der Waals surface area contributed by atoms with Crippen molar-refractivity contribution in [3.8, 4) is 22.6 Å². The van der Waals surface area contributed by atoms with Crippen molar-refractivity contribution < 1.29 is 14.3 Å². The number of carbonyl (C=O) groups is 1. The number of carbonyl (C=O) groups excluding carboxylic acids is 1. The van der Waals surface area contributed by atoms with Crippen LogP contribution in [0.25, 0.3) is 11.1 Å². The van der Waals surface area contributed by atoms with E-state index in [1.54, 1.807) is 26.6 Å². The van der Waals surface area contributed by atoms with Gasteiger partial charge in [0.15, 0.2) is 0 Å². The van der Waals surface area contributed by atoms with Gasteiger partial charge in [-0.25, -0.2) is 0 Å². The molecule has 1 aliphatic rings. The van der Waals surface area contributed by atoms with Crippen molar-refractivity contribution in [3.63, 3.8) is 0 Å². The topological polar surface area (TPSA) is 54.9 Å². The second-order valence-electron chi connectivity index (χ2n) is 7.14. The molecule has 2 aromatic carbocycles. The zero-order chi connectivity index (χ0) is 20.9. The van der Waals surface area contributed by atoms with Gasteiger partial charge in [-0.1, -0.05) is 30.3 Å². The number of nitrogens with zero attached hydrogens (tertiary/aromatic N) is 3. The lowest BCUT2D eigenvalue weighted by Crippen LogP contribution is -2.48. The Labute approximate surface area is 188 Å². The van der Waals surface area contributed by atoms with Gasteiger partial charge < -0.3 is 19.3 Å². The van der Waals surface area contributed by atoms with Crippen molar-refractivity contribution in [2.24, 2.45) is 0 Å². The summed E-state index contributed by atoms with van der Waals surface area (Å²) in [5, 5.41) is 0. The van der Waals surface area contributed by atoms with Crippen LogP contribution in [0.1, 0.15) is 10.4 Å². The Morgan fingerprint density at radius 2 is 1.55 bits per heavy atom. The molecule has 162 valence electrons. The minimum absolute atomic E-state index is 0. The summed E-state index contributed by atoms with van der Waals surface area (Å²) in [5.41, 5.74) is 3.60. The van der Waals surface area contributed by atoms with Crippen LogP contribution in [0.2, 0.25) is 0 Å². The Bertz CT molecular complexity index is 999. The van der Waals surface area contributed by atoms with E-state index in [1.165, 1.54) is 0 Å². The number of piperazine rings is 1. The number of anilines is 1. The molecule has 1 aliphatic heterocycles. The first-order valence-electron chi connectivity index (χ1n) is 9.96. The van der Waals surface area contributed by atoms with Gasteiger partial charge in [-0.15, -0.1) is 12.4 Å². The maximum atomic E-state index is 13.3. The molecule has 7 heteroatoms.